The molecule has 0 fully saturated rings. The summed E-state index contributed by atoms with van der Waals surface area (Å²) in [6.45, 7) is 2.07. The molecule has 2 nitrogen and oxygen atoms in total. The standard InChI is InChI=1S/C7H12O2/c1-5-2-3-6(4-5)7(8)9/h2-3,5-9H,4H2,1H3/t5-,6?/m0/s1. The predicted octanol–water partition coefficient (Wildman–Crippen LogP) is 0.509. The summed E-state index contributed by atoms with van der Waals surface area (Å²) >= 11 is 0. The van der Waals surface area contributed by atoms with Gasteiger partial charge < -0.3 is 10.2 Å². The lowest BCUT2D eigenvalue weighted by Crippen LogP contribution is -2.15. The maximum Gasteiger partial charge on any atom is 0.157 e. The molecule has 52 valence electrons. The van der Waals surface area contributed by atoms with Gasteiger partial charge in [-0.05, 0) is 12.3 Å². The first-order chi connectivity index (χ1) is 4.20. The van der Waals surface area contributed by atoms with Crippen molar-refractivity contribution in [1.29, 1.82) is 0 Å². The molecule has 0 amide bonds. The fraction of sp³-hybridized carbons (Fsp3) is 0.714. The zero-order valence-corrected chi connectivity index (χ0v) is 5.49. The van der Waals surface area contributed by atoms with E-state index in [2.05, 4.69) is 6.92 Å². The Morgan fingerprint density at radius 1 is 1.44 bits per heavy atom. The second-order valence-corrected chi connectivity index (χ2v) is 2.68. The molecule has 0 saturated carbocycles. The van der Waals surface area contributed by atoms with Crippen LogP contribution >= 0.6 is 0 Å². The summed E-state index contributed by atoms with van der Waals surface area (Å²) in [5, 5.41) is 17.3. The molecule has 0 heterocycles. The highest BCUT2D eigenvalue weighted by Gasteiger charge is 2.20. The minimum Gasteiger partial charge on any atom is -0.368 e. The van der Waals surface area contributed by atoms with Crippen LogP contribution in [0.3, 0.4) is 0 Å². The smallest absolute Gasteiger partial charge is 0.157 e. The van der Waals surface area contributed by atoms with Gasteiger partial charge in [0.1, 0.15) is 0 Å². The van der Waals surface area contributed by atoms with Crippen molar-refractivity contribution in [1.82, 2.24) is 0 Å². The van der Waals surface area contributed by atoms with Gasteiger partial charge in [-0.25, -0.2) is 0 Å². The van der Waals surface area contributed by atoms with Crippen molar-refractivity contribution in [3.63, 3.8) is 0 Å². The molecule has 1 unspecified atom stereocenters. The Morgan fingerprint density at radius 2 is 2.11 bits per heavy atom. The second kappa shape index (κ2) is 2.50. The van der Waals surface area contributed by atoms with Gasteiger partial charge in [-0.1, -0.05) is 19.1 Å². The minimum atomic E-state index is -1.16. The van der Waals surface area contributed by atoms with E-state index < -0.39 is 6.29 Å². The van der Waals surface area contributed by atoms with E-state index in [1.807, 2.05) is 12.2 Å². The molecule has 0 spiro atoms. The molecule has 0 aromatic carbocycles. The molecule has 2 N–H and O–H groups in total. The fourth-order valence-electron chi connectivity index (χ4n) is 1.14. The molecule has 0 aliphatic heterocycles. The summed E-state index contributed by atoms with van der Waals surface area (Å²) in [5.41, 5.74) is 0. The van der Waals surface area contributed by atoms with Crippen molar-refractivity contribution < 1.29 is 10.2 Å². The van der Waals surface area contributed by atoms with E-state index >= 15 is 0 Å². The first-order valence-electron chi connectivity index (χ1n) is 3.24. The highest BCUT2D eigenvalue weighted by Crippen LogP contribution is 2.24. The molecule has 0 radical (unpaired) electrons. The third-order valence-corrected chi connectivity index (χ3v) is 1.71. The van der Waals surface area contributed by atoms with Gasteiger partial charge in [0.05, 0.1) is 0 Å². The van der Waals surface area contributed by atoms with Gasteiger partial charge >= 0.3 is 0 Å². The van der Waals surface area contributed by atoms with Gasteiger partial charge in [-0.3, -0.25) is 0 Å². The topological polar surface area (TPSA) is 40.5 Å². The van der Waals surface area contributed by atoms with Gasteiger partial charge in [0.2, 0.25) is 0 Å². The van der Waals surface area contributed by atoms with Gasteiger partial charge in [-0.15, -0.1) is 0 Å². The summed E-state index contributed by atoms with van der Waals surface area (Å²) < 4.78 is 0. The van der Waals surface area contributed by atoms with Gasteiger partial charge in [-0.2, -0.15) is 0 Å². The van der Waals surface area contributed by atoms with E-state index in [9.17, 15) is 0 Å². The predicted molar refractivity (Wildman–Crippen MR) is 34.6 cm³/mol. The van der Waals surface area contributed by atoms with E-state index in [-0.39, 0.29) is 5.92 Å². The Kier molecular flexibility index (Phi) is 1.88. The van der Waals surface area contributed by atoms with Crippen molar-refractivity contribution in [3.05, 3.63) is 12.2 Å². The Bertz CT molecular complexity index is 118. The quantitative estimate of drug-likeness (QED) is 0.399. The number of hydrogen-bond donors (Lipinski definition) is 2. The average Bonchev–Trinajstić information content (AvgIpc) is 2.14. The summed E-state index contributed by atoms with van der Waals surface area (Å²) in [4.78, 5) is 0. The Labute approximate surface area is 54.8 Å². The van der Waals surface area contributed by atoms with Crippen LogP contribution in [0.25, 0.3) is 0 Å². The molecular weight excluding hydrogens is 116 g/mol. The first kappa shape index (κ1) is 6.78. The van der Waals surface area contributed by atoms with Gasteiger partial charge in [0.25, 0.3) is 0 Å². The van der Waals surface area contributed by atoms with Crippen molar-refractivity contribution >= 4 is 0 Å². The zero-order chi connectivity index (χ0) is 6.85. The van der Waals surface area contributed by atoms with E-state index in [0.717, 1.165) is 6.42 Å². The number of allylic oxidation sites excluding steroid dienone is 1. The summed E-state index contributed by atoms with van der Waals surface area (Å²) in [7, 11) is 0. The maximum atomic E-state index is 8.67. The van der Waals surface area contributed by atoms with Crippen LogP contribution in [0, 0.1) is 11.8 Å². The highest BCUT2D eigenvalue weighted by molar-refractivity contribution is 5.00. The molecule has 2 heteroatoms. The molecule has 1 aliphatic rings. The Hall–Kier alpha value is -0.340. The van der Waals surface area contributed by atoms with Crippen LogP contribution in [0.15, 0.2) is 12.2 Å². The van der Waals surface area contributed by atoms with Crippen molar-refractivity contribution in [3.8, 4) is 0 Å². The monoisotopic (exact) mass is 128 g/mol. The summed E-state index contributed by atoms with van der Waals surface area (Å²) in [6, 6.07) is 0. The highest BCUT2D eigenvalue weighted by atomic mass is 16.5. The summed E-state index contributed by atoms with van der Waals surface area (Å²) in [5.74, 6) is 0.483. The molecule has 9 heavy (non-hydrogen) atoms. The second-order valence-electron chi connectivity index (χ2n) is 2.68. The number of rotatable bonds is 1. The third kappa shape index (κ3) is 1.53. The lowest BCUT2D eigenvalue weighted by atomic mass is 10.1. The number of hydrogen-bond acceptors (Lipinski definition) is 2. The Morgan fingerprint density at radius 3 is 2.33 bits per heavy atom. The van der Waals surface area contributed by atoms with Crippen molar-refractivity contribution in [2.45, 2.75) is 19.6 Å². The number of aliphatic hydroxyl groups excluding tert-OH is 1. The first-order valence-corrected chi connectivity index (χ1v) is 3.24. The maximum absolute atomic E-state index is 8.67. The van der Waals surface area contributed by atoms with Crippen LogP contribution in [0.4, 0.5) is 0 Å². The fourth-order valence-corrected chi connectivity index (χ4v) is 1.14. The lowest BCUT2D eigenvalue weighted by molar-refractivity contribution is -0.0712. The van der Waals surface area contributed by atoms with Gasteiger partial charge in [0, 0.05) is 5.92 Å². The molecule has 1 rings (SSSR count). The molecule has 0 saturated heterocycles. The SMILES string of the molecule is C[C@H]1C=CC(C(O)O)C1. The largest absolute Gasteiger partial charge is 0.368 e. The summed E-state index contributed by atoms with van der Waals surface area (Å²) in [6.07, 6.45) is 3.60. The normalized spacial score (nSPS) is 34.2. The van der Waals surface area contributed by atoms with E-state index in [4.69, 9.17) is 10.2 Å². The van der Waals surface area contributed by atoms with Crippen molar-refractivity contribution in [2.75, 3.05) is 0 Å². The molecule has 0 aromatic rings. The number of aliphatic hydroxyl groups is 2. The Balaban J connectivity index is 2.41. The van der Waals surface area contributed by atoms with E-state index in [1.165, 1.54) is 0 Å². The van der Waals surface area contributed by atoms with Crippen LogP contribution < -0.4 is 0 Å². The minimum absolute atomic E-state index is 0.0278. The van der Waals surface area contributed by atoms with Crippen LogP contribution in [-0.4, -0.2) is 16.5 Å². The zero-order valence-electron chi connectivity index (χ0n) is 5.49. The van der Waals surface area contributed by atoms with E-state index in [1.54, 1.807) is 0 Å². The van der Waals surface area contributed by atoms with Crippen LogP contribution in [0.2, 0.25) is 0 Å². The van der Waals surface area contributed by atoms with Crippen LogP contribution in [0.1, 0.15) is 13.3 Å². The van der Waals surface area contributed by atoms with Crippen LogP contribution in [0.5, 0.6) is 0 Å². The molecule has 0 aromatic heterocycles. The molecule has 0 bridgehead atoms. The third-order valence-electron chi connectivity index (χ3n) is 1.71. The molecular formula is C7H12O2. The van der Waals surface area contributed by atoms with Crippen molar-refractivity contribution in [2.24, 2.45) is 11.8 Å². The lowest BCUT2D eigenvalue weighted by Gasteiger charge is -2.09. The molecule has 1 aliphatic carbocycles. The van der Waals surface area contributed by atoms with E-state index in [0.29, 0.717) is 5.92 Å². The molecule has 2 atom stereocenters. The van der Waals surface area contributed by atoms with Crippen LogP contribution in [-0.2, 0) is 0 Å². The average molecular weight is 128 g/mol. The van der Waals surface area contributed by atoms with Gasteiger partial charge in [0.15, 0.2) is 6.29 Å².